The van der Waals surface area contributed by atoms with Crippen LogP contribution in [0.15, 0.2) is 77.9 Å². The van der Waals surface area contributed by atoms with E-state index in [2.05, 4.69) is 15.8 Å². The number of halogens is 2. The Balaban J connectivity index is 1.46. The van der Waals surface area contributed by atoms with E-state index in [9.17, 15) is 14.0 Å². The minimum absolute atomic E-state index is 0.240. The molecule has 0 unspecified atom stereocenters. The Hall–Kier alpha value is -3.71. The van der Waals surface area contributed by atoms with Crippen LogP contribution < -0.4 is 15.5 Å². The fraction of sp³-hybridized carbons (Fsp3) is 0.0455. The molecule has 152 valence electrons. The number of benzene rings is 3. The average Bonchev–Trinajstić information content (AvgIpc) is 2.75. The van der Waals surface area contributed by atoms with E-state index in [1.165, 1.54) is 18.3 Å². The van der Waals surface area contributed by atoms with Crippen molar-refractivity contribution in [3.8, 4) is 5.75 Å². The second-order valence-corrected chi connectivity index (χ2v) is 6.58. The van der Waals surface area contributed by atoms with Crippen LogP contribution in [0, 0.1) is 5.82 Å². The fourth-order valence-corrected chi connectivity index (χ4v) is 2.51. The number of nitrogens with zero attached hydrogens (tertiary/aromatic N) is 1. The van der Waals surface area contributed by atoms with Gasteiger partial charge in [0.2, 0.25) is 0 Å². The molecule has 0 saturated heterocycles. The fourth-order valence-electron chi connectivity index (χ4n) is 2.38. The van der Waals surface area contributed by atoms with Gasteiger partial charge < -0.3 is 10.1 Å². The van der Waals surface area contributed by atoms with Gasteiger partial charge in [-0.1, -0.05) is 23.7 Å². The Kier molecular flexibility index (Phi) is 7.13. The summed E-state index contributed by atoms with van der Waals surface area (Å²) in [5.74, 6) is -1.47. The maximum Gasteiger partial charge on any atom is 0.329 e. The standard InChI is InChI=1S/C22H17ClFN3O3/c23-17-6-8-19(9-7-17)26-21(28)22(29)27-25-13-15-4-10-20(11-5-15)30-14-16-2-1-3-18(24)12-16/h1-13H,14H2,(H,26,28)(H,27,29). The van der Waals surface area contributed by atoms with Crippen LogP contribution in [0.1, 0.15) is 11.1 Å². The van der Waals surface area contributed by atoms with E-state index < -0.39 is 11.8 Å². The van der Waals surface area contributed by atoms with Crippen LogP contribution in [0.5, 0.6) is 5.75 Å². The molecule has 0 aliphatic heterocycles. The summed E-state index contributed by atoms with van der Waals surface area (Å²) in [7, 11) is 0. The smallest absolute Gasteiger partial charge is 0.329 e. The number of rotatable bonds is 6. The molecule has 0 aliphatic rings. The predicted octanol–water partition coefficient (Wildman–Crippen LogP) is 4.15. The van der Waals surface area contributed by atoms with Crippen LogP contribution in [0.25, 0.3) is 0 Å². The van der Waals surface area contributed by atoms with Gasteiger partial charge in [0.05, 0.1) is 6.21 Å². The van der Waals surface area contributed by atoms with Crippen molar-refractivity contribution >= 4 is 35.3 Å². The third-order valence-electron chi connectivity index (χ3n) is 3.86. The third-order valence-corrected chi connectivity index (χ3v) is 4.11. The molecular formula is C22H17ClFN3O3. The van der Waals surface area contributed by atoms with E-state index in [0.717, 1.165) is 5.56 Å². The van der Waals surface area contributed by atoms with Crippen molar-refractivity contribution in [1.82, 2.24) is 5.43 Å². The number of carbonyl (C=O) groups is 2. The normalized spacial score (nSPS) is 10.6. The molecule has 3 aromatic carbocycles. The summed E-state index contributed by atoms with van der Waals surface area (Å²) in [4.78, 5) is 23.6. The number of anilines is 1. The molecule has 2 N–H and O–H groups in total. The lowest BCUT2D eigenvalue weighted by molar-refractivity contribution is -0.136. The van der Waals surface area contributed by atoms with Crippen molar-refractivity contribution < 1.29 is 18.7 Å². The molecule has 2 amide bonds. The highest BCUT2D eigenvalue weighted by Gasteiger charge is 2.12. The molecule has 0 spiro atoms. The summed E-state index contributed by atoms with van der Waals surface area (Å²) in [6.45, 7) is 0.240. The van der Waals surface area contributed by atoms with Crippen molar-refractivity contribution in [3.05, 3.63) is 94.8 Å². The monoisotopic (exact) mass is 425 g/mol. The summed E-state index contributed by atoms with van der Waals surface area (Å²) < 4.78 is 18.8. The maximum absolute atomic E-state index is 13.2. The highest BCUT2D eigenvalue weighted by molar-refractivity contribution is 6.39. The van der Waals surface area contributed by atoms with Gasteiger partial charge in [-0.05, 0) is 71.8 Å². The van der Waals surface area contributed by atoms with Crippen molar-refractivity contribution in [1.29, 1.82) is 0 Å². The second kappa shape index (κ2) is 10.2. The average molecular weight is 426 g/mol. The molecule has 30 heavy (non-hydrogen) atoms. The lowest BCUT2D eigenvalue weighted by Crippen LogP contribution is -2.32. The zero-order chi connectivity index (χ0) is 21.3. The number of carbonyl (C=O) groups excluding carboxylic acids is 2. The first kappa shape index (κ1) is 21.0. The third kappa shape index (κ3) is 6.42. The first-order valence-electron chi connectivity index (χ1n) is 8.87. The molecule has 0 saturated carbocycles. The Morgan fingerprint density at radius 2 is 1.73 bits per heavy atom. The van der Waals surface area contributed by atoms with Gasteiger partial charge in [-0.3, -0.25) is 9.59 Å². The van der Waals surface area contributed by atoms with Crippen LogP contribution in [-0.4, -0.2) is 18.0 Å². The highest BCUT2D eigenvalue weighted by Crippen LogP contribution is 2.14. The molecule has 0 heterocycles. The van der Waals surface area contributed by atoms with E-state index in [0.29, 0.717) is 22.0 Å². The number of hydrogen-bond acceptors (Lipinski definition) is 4. The Morgan fingerprint density at radius 1 is 1.00 bits per heavy atom. The van der Waals surface area contributed by atoms with Crippen molar-refractivity contribution in [2.24, 2.45) is 5.10 Å². The maximum atomic E-state index is 13.2. The Bertz CT molecular complexity index is 1050. The van der Waals surface area contributed by atoms with Crippen LogP contribution in [0.4, 0.5) is 10.1 Å². The van der Waals surface area contributed by atoms with Gasteiger partial charge in [-0.15, -0.1) is 0 Å². The minimum Gasteiger partial charge on any atom is -0.489 e. The van der Waals surface area contributed by atoms with Crippen molar-refractivity contribution in [2.75, 3.05) is 5.32 Å². The molecular weight excluding hydrogens is 409 g/mol. The van der Waals surface area contributed by atoms with Gasteiger partial charge in [0.1, 0.15) is 18.2 Å². The number of ether oxygens (including phenoxy) is 1. The first-order valence-corrected chi connectivity index (χ1v) is 9.25. The summed E-state index contributed by atoms with van der Waals surface area (Å²) >= 11 is 5.77. The molecule has 8 heteroatoms. The van der Waals surface area contributed by atoms with Gasteiger partial charge in [0.25, 0.3) is 0 Å². The van der Waals surface area contributed by atoms with Gasteiger partial charge in [-0.2, -0.15) is 5.10 Å². The minimum atomic E-state index is -0.906. The molecule has 0 aromatic heterocycles. The van der Waals surface area contributed by atoms with Gasteiger partial charge in [-0.25, -0.2) is 9.82 Å². The molecule has 0 radical (unpaired) electrons. The van der Waals surface area contributed by atoms with Gasteiger partial charge in [0, 0.05) is 10.7 Å². The largest absolute Gasteiger partial charge is 0.489 e. The Morgan fingerprint density at radius 3 is 2.43 bits per heavy atom. The second-order valence-electron chi connectivity index (χ2n) is 6.15. The molecule has 0 atom stereocenters. The van der Waals surface area contributed by atoms with E-state index in [1.54, 1.807) is 60.7 Å². The van der Waals surface area contributed by atoms with E-state index in [1.807, 2.05) is 0 Å². The summed E-state index contributed by atoms with van der Waals surface area (Å²) in [6, 6.07) is 19.4. The number of hydrazone groups is 1. The molecule has 3 rings (SSSR count). The van der Waals surface area contributed by atoms with Crippen LogP contribution in [-0.2, 0) is 16.2 Å². The molecule has 0 aliphatic carbocycles. The van der Waals surface area contributed by atoms with Crippen LogP contribution in [0.2, 0.25) is 5.02 Å². The Labute approximate surface area is 177 Å². The van der Waals surface area contributed by atoms with Crippen LogP contribution >= 0.6 is 11.6 Å². The summed E-state index contributed by atoms with van der Waals surface area (Å²) in [5.41, 5.74) is 4.01. The predicted molar refractivity (Wildman–Crippen MR) is 113 cm³/mol. The highest BCUT2D eigenvalue weighted by atomic mass is 35.5. The number of nitrogens with one attached hydrogen (secondary N) is 2. The lowest BCUT2D eigenvalue weighted by atomic mass is 10.2. The topological polar surface area (TPSA) is 79.8 Å². The number of amides is 2. The van der Waals surface area contributed by atoms with Gasteiger partial charge in [0.15, 0.2) is 0 Å². The van der Waals surface area contributed by atoms with Gasteiger partial charge >= 0.3 is 11.8 Å². The van der Waals surface area contributed by atoms with Crippen molar-refractivity contribution in [2.45, 2.75) is 6.61 Å². The van der Waals surface area contributed by atoms with Crippen LogP contribution in [0.3, 0.4) is 0 Å². The zero-order valence-electron chi connectivity index (χ0n) is 15.6. The quantitative estimate of drug-likeness (QED) is 0.354. The summed E-state index contributed by atoms with van der Waals surface area (Å²) in [6.07, 6.45) is 1.39. The lowest BCUT2D eigenvalue weighted by Gasteiger charge is -2.06. The zero-order valence-corrected chi connectivity index (χ0v) is 16.4. The van der Waals surface area contributed by atoms with E-state index in [4.69, 9.17) is 16.3 Å². The van der Waals surface area contributed by atoms with Crippen molar-refractivity contribution in [3.63, 3.8) is 0 Å². The first-order chi connectivity index (χ1) is 14.5. The number of hydrogen-bond donors (Lipinski definition) is 2. The van der Waals surface area contributed by atoms with E-state index in [-0.39, 0.29) is 12.4 Å². The summed E-state index contributed by atoms with van der Waals surface area (Å²) in [5, 5.41) is 6.72. The molecule has 0 bridgehead atoms. The molecule has 0 fully saturated rings. The SMILES string of the molecule is O=C(NN=Cc1ccc(OCc2cccc(F)c2)cc1)C(=O)Nc1ccc(Cl)cc1. The molecule has 3 aromatic rings. The van der Waals surface area contributed by atoms with E-state index >= 15 is 0 Å². The molecule has 6 nitrogen and oxygen atoms in total.